The molecule has 0 spiro atoms. The van der Waals surface area contributed by atoms with Gasteiger partial charge < -0.3 is 8.98 Å². The fourth-order valence-electron chi connectivity index (χ4n) is 8.64. The molecule has 266 valence electrons. The van der Waals surface area contributed by atoms with Crippen molar-refractivity contribution in [3.05, 3.63) is 192 Å². The molecule has 0 bridgehead atoms. The number of allylic oxidation sites excluding steroid dienone is 5. The summed E-state index contributed by atoms with van der Waals surface area (Å²) >= 11 is 0. The molecule has 0 unspecified atom stereocenters. The van der Waals surface area contributed by atoms with E-state index in [9.17, 15) is 0 Å². The number of hydrogen-bond acceptors (Lipinski definition) is 3. The highest BCUT2D eigenvalue weighted by atomic mass is 16.3. The van der Waals surface area contributed by atoms with Gasteiger partial charge in [0.15, 0.2) is 5.82 Å². The Morgan fingerprint density at radius 3 is 1.93 bits per heavy atom. The average molecular weight is 720 g/mol. The second-order valence-electron chi connectivity index (χ2n) is 14.8. The molecule has 0 fully saturated rings. The van der Waals surface area contributed by atoms with Gasteiger partial charge in [-0.1, -0.05) is 121 Å². The lowest BCUT2D eigenvalue weighted by Crippen LogP contribution is -2.07. The molecular weight excluding hydrogens is 683 g/mol. The first-order valence-electron chi connectivity index (χ1n) is 19.5. The first-order chi connectivity index (χ1) is 27.7. The van der Waals surface area contributed by atoms with E-state index in [4.69, 9.17) is 14.4 Å². The van der Waals surface area contributed by atoms with Gasteiger partial charge in [-0.25, -0.2) is 9.97 Å². The molecule has 0 radical (unpaired) electrons. The highest BCUT2D eigenvalue weighted by molar-refractivity contribution is 6.07. The Morgan fingerprint density at radius 2 is 1.21 bits per heavy atom. The van der Waals surface area contributed by atoms with Gasteiger partial charge in [-0.2, -0.15) is 0 Å². The fourth-order valence-corrected chi connectivity index (χ4v) is 8.64. The average Bonchev–Trinajstić information content (AvgIpc) is 3.81. The zero-order valence-corrected chi connectivity index (χ0v) is 30.8. The molecular formula is C52H37N3O. The Hall–Kier alpha value is -7.04. The van der Waals surface area contributed by atoms with E-state index in [0.29, 0.717) is 5.82 Å². The first-order valence-corrected chi connectivity index (χ1v) is 19.5. The zero-order valence-electron chi connectivity index (χ0n) is 30.8. The molecule has 0 saturated carbocycles. The largest absolute Gasteiger partial charge is 0.456 e. The number of rotatable bonds is 6. The molecule has 0 saturated heterocycles. The molecule has 4 heteroatoms. The highest BCUT2D eigenvalue weighted by Gasteiger charge is 2.24. The van der Waals surface area contributed by atoms with E-state index < -0.39 is 0 Å². The summed E-state index contributed by atoms with van der Waals surface area (Å²) in [4.78, 5) is 10.1. The van der Waals surface area contributed by atoms with Crippen LogP contribution in [0.3, 0.4) is 0 Å². The smallest absolute Gasteiger partial charge is 0.160 e. The Balaban J connectivity index is 1.04. The first kappa shape index (κ1) is 32.4. The molecule has 56 heavy (non-hydrogen) atoms. The quantitative estimate of drug-likeness (QED) is 0.172. The molecule has 0 amide bonds. The van der Waals surface area contributed by atoms with E-state index >= 15 is 0 Å². The molecule has 0 atom stereocenters. The van der Waals surface area contributed by atoms with Gasteiger partial charge in [-0.3, -0.25) is 0 Å². The van der Waals surface area contributed by atoms with Crippen molar-refractivity contribution in [3.63, 3.8) is 0 Å². The van der Waals surface area contributed by atoms with Crippen LogP contribution in [-0.2, 0) is 6.42 Å². The standard InChI is InChI=1S/C52H37N3O/c1-5-13-34(14-6-1)38-22-26-48-43(29-38)44-30-39(35-15-7-2-8-16-35)23-27-49(44)55(48)41-24-28-50-45(32-41)42-25-21-40(31-51(42)56-50)52-53-46(36-17-9-3-10-18-36)33-47(54-52)37-19-11-4-12-20-37/h1-7,9-15,17-22,24-26,28-33H,8,16,23,27H2. The molecule has 3 heterocycles. The zero-order chi connectivity index (χ0) is 37.0. The molecule has 6 aromatic carbocycles. The molecule has 3 aromatic heterocycles. The third-order valence-corrected chi connectivity index (χ3v) is 11.4. The van der Waals surface area contributed by atoms with Crippen LogP contribution in [-0.4, -0.2) is 14.5 Å². The monoisotopic (exact) mass is 719 g/mol. The molecule has 2 aliphatic carbocycles. The van der Waals surface area contributed by atoms with Gasteiger partial charge in [-0.15, -0.1) is 0 Å². The van der Waals surface area contributed by atoms with Crippen LogP contribution in [0.2, 0.25) is 0 Å². The third kappa shape index (κ3) is 5.61. The second-order valence-corrected chi connectivity index (χ2v) is 14.8. The number of hydrogen-bond donors (Lipinski definition) is 0. The minimum absolute atomic E-state index is 0.668. The van der Waals surface area contributed by atoms with Crippen LogP contribution in [0.25, 0.3) is 89.6 Å². The third-order valence-electron chi connectivity index (χ3n) is 11.4. The van der Waals surface area contributed by atoms with Gasteiger partial charge in [-0.05, 0) is 103 Å². The lowest BCUT2D eigenvalue weighted by Gasteiger charge is -2.20. The summed E-state index contributed by atoms with van der Waals surface area (Å²) in [5.74, 6) is 0.668. The lowest BCUT2D eigenvalue weighted by molar-refractivity contribution is 0.669. The highest BCUT2D eigenvalue weighted by Crippen LogP contribution is 2.42. The van der Waals surface area contributed by atoms with Crippen molar-refractivity contribution in [3.8, 4) is 50.7 Å². The normalized spacial score (nSPS) is 13.9. The van der Waals surface area contributed by atoms with Gasteiger partial charge in [0, 0.05) is 49.8 Å². The summed E-state index contributed by atoms with van der Waals surface area (Å²) in [6.45, 7) is 0. The van der Waals surface area contributed by atoms with Crippen LogP contribution in [0.15, 0.2) is 185 Å². The van der Waals surface area contributed by atoms with Crippen LogP contribution >= 0.6 is 0 Å². The molecule has 11 rings (SSSR count). The number of benzene rings is 6. The fraction of sp³-hybridized carbons (Fsp3) is 0.0769. The summed E-state index contributed by atoms with van der Waals surface area (Å²) in [5, 5.41) is 3.46. The van der Waals surface area contributed by atoms with Crippen molar-refractivity contribution in [2.24, 2.45) is 0 Å². The molecule has 9 aromatic rings. The van der Waals surface area contributed by atoms with Crippen molar-refractivity contribution < 1.29 is 4.42 Å². The lowest BCUT2D eigenvalue weighted by atomic mass is 9.87. The van der Waals surface area contributed by atoms with Crippen LogP contribution in [0.5, 0.6) is 0 Å². The van der Waals surface area contributed by atoms with Crippen molar-refractivity contribution >= 4 is 38.9 Å². The predicted molar refractivity (Wildman–Crippen MR) is 231 cm³/mol. The van der Waals surface area contributed by atoms with Crippen LogP contribution in [0, 0.1) is 0 Å². The molecule has 4 nitrogen and oxygen atoms in total. The summed E-state index contributed by atoms with van der Waals surface area (Å²) in [5.41, 5.74) is 16.9. The van der Waals surface area contributed by atoms with Crippen LogP contribution < -0.4 is 0 Å². The van der Waals surface area contributed by atoms with Gasteiger partial charge in [0.1, 0.15) is 11.2 Å². The number of aromatic nitrogens is 3. The molecule has 0 aliphatic heterocycles. The Bertz CT molecular complexity index is 3000. The summed E-state index contributed by atoms with van der Waals surface area (Å²) < 4.78 is 9.07. The number of nitrogens with zero attached hydrogens (tertiary/aromatic N) is 3. The van der Waals surface area contributed by atoms with E-state index in [0.717, 1.165) is 81.4 Å². The van der Waals surface area contributed by atoms with E-state index in [-0.39, 0.29) is 0 Å². The topological polar surface area (TPSA) is 43.9 Å². The maximum atomic E-state index is 6.58. The Morgan fingerprint density at radius 1 is 0.500 bits per heavy atom. The summed E-state index contributed by atoms with van der Waals surface area (Å²) in [7, 11) is 0. The van der Waals surface area contributed by atoms with Crippen molar-refractivity contribution in [1.29, 1.82) is 0 Å². The van der Waals surface area contributed by atoms with Crippen LogP contribution in [0.1, 0.15) is 30.5 Å². The van der Waals surface area contributed by atoms with E-state index in [2.05, 4.69) is 144 Å². The van der Waals surface area contributed by atoms with E-state index in [1.807, 2.05) is 36.4 Å². The predicted octanol–water partition coefficient (Wildman–Crippen LogP) is 13.6. The SMILES string of the molecule is C1=CCCC(C2=Cc3c(n(-c4ccc5oc6cc(-c7nc(-c8ccccc8)cc(-c8ccccc8)n7)ccc6c5c4)c4ccc(-c5ccccc5)cc34)CC2)=C1. The van der Waals surface area contributed by atoms with Crippen molar-refractivity contribution in [1.82, 2.24) is 14.5 Å². The molecule has 0 N–H and O–H groups in total. The maximum absolute atomic E-state index is 6.58. The minimum atomic E-state index is 0.668. The molecule has 2 aliphatic rings. The Labute approximate surface area is 325 Å². The van der Waals surface area contributed by atoms with E-state index in [1.165, 1.54) is 44.4 Å². The van der Waals surface area contributed by atoms with Crippen molar-refractivity contribution in [2.75, 3.05) is 0 Å². The van der Waals surface area contributed by atoms with Gasteiger partial charge in [0.05, 0.1) is 16.9 Å². The minimum Gasteiger partial charge on any atom is -0.456 e. The summed E-state index contributed by atoms with van der Waals surface area (Å²) in [6.07, 6.45) is 13.5. The Kier molecular flexibility index (Phi) is 7.73. The van der Waals surface area contributed by atoms with E-state index in [1.54, 1.807) is 0 Å². The maximum Gasteiger partial charge on any atom is 0.160 e. The van der Waals surface area contributed by atoms with Gasteiger partial charge in [0.2, 0.25) is 0 Å². The second kappa shape index (κ2) is 13.4. The van der Waals surface area contributed by atoms with Crippen LogP contribution in [0.4, 0.5) is 0 Å². The number of fused-ring (bicyclic) bond motifs is 6. The van der Waals surface area contributed by atoms with Gasteiger partial charge >= 0.3 is 0 Å². The van der Waals surface area contributed by atoms with Gasteiger partial charge in [0.25, 0.3) is 0 Å². The van der Waals surface area contributed by atoms with Crippen molar-refractivity contribution in [2.45, 2.75) is 25.7 Å². The number of furan rings is 1. The summed E-state index contributed by atoms with van der Waals surface area (Å²) in [6, 6.07) is 53.4.